The molecule has 0 radical (unpaired) electrons. The number of nitrogens with zero attached hydrogens (tertiary/aromatic N) is 3. The molecular formula is C23H28N4O5S. The number of nitrogens with one attached hydrogen (secondary N) is 1. The number of ether oxygens (including phenoxy) is 2. The summed E-state index contributed by atoms with van der Waals surface area (Å²) in [5.41, 5.74) is 1.45. The Morgan fingerprint density at radius 2 is 1.82 bits per heavy atom. The summed E-state index contributed by atoms with van der Waals surface area (Å²) in [5, 5.41) is 11.4. The Balaban J connectivity index is 1.94. The average Bonchev–Trinajstić information content (AvgIpc) is 2.84. The lowest BCUT2D eigenvalue weighted by atomic mass is 10.1. The van der Waals surface area contributed by atoms with E-state index >= 15 is 0 Å². The highest BCUT2D eigenvalue weighted by atomic mass is 32.2. The molecule has 0 saturated carbocycles. The molecule has 0 spiro atoms. The van der Waals surface area contributed by atoms with Crippen molar-refractivity contribution in [1.82, 2.24) is 4.31 Å². The number of sulfonamides is 1. The van der Waals surface area contributed by atoms with Crippen LogP contribution >= 0.6 is 0 Å². The van der Waals surface area contributed by atoms with E-state index in [0.717, 1.165) is 0 Å². The van der Waals surface area contributed by atoms with Crippen LogP contribution in [-0.4, -0.2) is 64.6 Å². The van der Waals surface area contributed by atoms with E-state index in [9.17, 15) is 13.2 Å². The van der Waals surface area contributed by atoms with Crippen LogP contribution in [0.2, 0.25) is 0 Å². The summed E-state index contributed by atoms with van der Waals surface area (Å²) in [5.74, 6) is 0.0923. The van der Waals surface area contributed by atoms with Crippen LogP contribution in [0.3, 0.4) is 0 Å². The molecule has 0 bridgehead atoms. The number of morpholine rings is 1. The zero-order valence-electron chi connectivity index (χ0n) is 18.8. The van der Waals surface area contributed by atoms with E-state index in [1.807, 2.05) is 11.0 Å². The van der Waals surface area contributed by atoms with Gasteiger partial charge in [0.1, 0.15) is 11.8 Å². The highest BCUT2D eigenvalue weighted by Crippen LogP contribution is 2.28. The number of carbonyl (C=O) groups excluding carboxylic acids is 1. The molecule has 1 amide bonds. The first kappa shape index (κ1) is 24.5. The fraction of sp³-hybridized carbons (Fsp3) is 0.391. The summed E-state index contributed by atoms with van der Waals surface area (Å²) in [4.78, 5) is 15.4. The second-order valence-electron chi connectivity index (χ2n) is 7.29. The van der Waals surface area contributed by atoms with Crippen molar-refractivity contribution in [2.24, 2.45) is 0 Å². The van der Waals surface area contributed by atoms with Crippen LogP contribution in [0.1, 0.15) is 24.2 Å². The summed E-state index contributed by atoms with van der Waals surface area (Å²) in [7, 11) is -3.72. The van der Waals surface area contributed by atoms with E-state index in [0.29, 0.717) is 56.5 Å². The molecule has 33 heavy (non-hydrogen) atoms. The van der Waals surface area contributed by atoms with Crippen LogP contribution in [0.15, 0.2) is 47.4 Å². The first-order valence-corrected chi connectivity index (χ1v) is 12.2. The van der Waals surface area contributed by atoms with Gasteiger partial charge < -0.3 is 19.7 Å². The predicted molar refractivity (Wildman–Crippen MR) is 125 cm³/mol. The van der Waals surface area contributed by atoms with Gasteiger partial charge in [-0.15, -0.1) is 0 Å². The third-order valence-electron chi connectivity index (χ3n) is 5.32. The number of anilines is 2. The maximum atomic E-state index is 13.3. The zero-order valence-corrected chi connectivity index (χ0v) is 19.6. The van der Waals surface area contributed by atoms with Crippen molar-refractivity contribution in [3.63, 3.8) is 0 Å². The van der Waals surface area contributed by atoms with Gasteiger partial charge >= 0.3 is 0 Å². The molecule has 1 aliphatic heterocycles. The average molecular weight is 473 g/mol. The Labute approximate surface area is 194 Å². The van der Waals surface area contributed by atoms with Crippen molar-refractivity contribution in [1.29, 1.82) is 5.26 Å². The number of hydrogen-bond donors (Lipinski definition) is 1. The maximum Gasteiger partial charge on any atom is 0.257 e. The third-order valence-corrected chi connectivity index (χ3v) is 7.37. The number of nitriles is 1. The van der Waals surface area contributed by atoms with Gasteiger partial charge in [-0.3, -0.25) is 4.79 Å². The Morgan fingerprint density at radius 3 is 2.42 bits per heavy atom. The lowest BCUT2D eigenvalue weighted by molar-refractivity contribution is 0.102. The van der Waals surface area contributed by atoms with Crippen LogP contribution in [0.5, 0.6) is 5.75 Å². The van der Waals surface area contributed by atoms with Crippen molar-refractivity contribution in [3.8, 4) is 11.8 Å². The van der Waals surface area contributed by atoms with Crippen molar-refractivity contribution in [2.75, 3.05) is 56.2 Å². The summed E-state index contributed by atoms with van der Waals surface area (Å²) in [6, 6.07) is 13.2. The van der Waals surface area contributed by atoms with Gasteiger partial charge in [-0.05, 0) is 42.5 Å². The van der Waals surface area contributed by atoms with E-state index < -0.39 is 15.9 Å². The highest BCUT2D eigenvalue weighted by molar-refractivity contribution is 7.89. The quantitative estimate of drug-likeness (QED) is 0.597. The molecule has 2 aromatic rings. The highest BCUT2D eigenvalue weighted by Gasteiger charge is 2.26. The fourth-order valence-electron chi connectivity index (χ4n) is 3.60. The molecule has 0 unspecified atom stereocenters. The van der Waals surface area contributed by atoms with E-state index in [4.69, 9.17) is 14.7 Å². The first-order valence-electron chi connectivity index (χ1n) is 10.8. The fourth-order valence-corrected chi connectivity index (χ4v) is 5.08. The largest absolute Gasteiger partial charge is 0.479 e. The minimum absolute atomic E-state index is 0.0670. The topological polar surface area (TPSA) is 112 Å². The number of benzene rings is 2. The molecule has 9 nitrogen and oxygen atoms in total. The van der Waals surface area contributed by atoms with Crippen LogP contribution in [0, 0.1) is 11.3 Å². The van der Waals surface area contributed by atoms with Gasteiger partial charge in [0.05, 0.1) is 23.7 Å². The minimum atomic E-state index is -3.72. The van der Waals surface area contributed by atoms with Crippen LogP contribution in [-0.2, 0) is 14.8 Å². The lowest BCUT2D eigenvalue weighted by Gasteiger charge is -2.30. The smallest absolute Gasteiger partial charge is 0.257 e. The Morgan fingerprint density at radius 1 is 1.15 bits per heavy atom. The molecule has 1 saturated heterocycles. The SMILES string of the molecule is CCN(CC)S(=O)(=O)c1ccc(N2CCOCC2)c(C(=O)Nc2ccc(OCC#N)cc2)c1. The molecule has 0 aromatic heterocycles. The predicted octanol–water partition coefficient (Wildman–Crippen LogP) is 2.71. The number of rotatable bonds is 9. The van der Waals surface area contributed by atoms with Crippen molar-refractivity contribution < 1.29 is 22.7 Å². The van der Waals surface area contributed by atoms with Gasteiger partial charge in [0.25, 0.3) is 5.91 Å². The third kappa shape index (κ3) is 5.82. The summed E-state index contributed by atoms with van der Waals surface area (Å²) in [6.45, 7) is 6.44. The molecule has 1 N–H and O–H groups in total. The van der Waals surface area contributed by atoms with Crippen molar-refractivity contribution >= 4 is 27.3 Å². The second-order valence-corrected chi connectivity index (χ2v) is 9.23. The minimum Gasteiger partial charge on any atom is -0.479 e. The Bertz CT molecular complexity index is 1100. The Kier molecular flexibility index (Phi) is 8.27. The van der Waals surface area contributed by atoms with Gasteiger partial charge in [0.15, 0.2) is 6.61 Å². The van der Waals surface area contributed by atoms with Gasteiger partial charge in [0, 0.05) is 37.6 Å². The van der Waals surface area contributed by atoms with Crippen LogP contribution in [0.25, 0.3) is 0 Å². The molecule has 176 valence electrons. The molecule has 3 rings (SSSR count). The monoisotopic (exact) mass is 472 g/mol. The van der Waals surface area contributed by atoms with E-state index in [1.54, 1.807) is 50.2 Å². The molecule has 1 heterocycles. The molecule has 0 atom stereocenters. The Hall–Kier alpha value is -3.13. The van der Waals surface area contributed by atoms with Gasteiger partial charge in [-0.2, -0.15) is 9.57 Å². The summed E-state index contributed by atoms with van der Waals surface area (Å²) >= 11 is 0. The second kappa shape index (κ2) is 11.1. The van der Waals surface area contributed by atoms with Crippen molar-refractivity contribution in [3.05, 3.63) is 48.0 Å². The molecule has 2 aromatic carbocycles. The van der Waals surface area contributed by atoms with Gasteiger partial charge in [-0.25, -0.2) is 8.42 Å². The van der Waals surface area contributed by atoms with Crippen LogP contribution < -0.4 is 15.0 Å². The number of carbonyl (C=O) groups is 1. The van der Waals surface area contributed by atoms with E-state index in [2.05, 4.69) is 5.32 Å². The zero-order chi connectivity index (χ0) is 23.8. The van der Waals surface area contributed by atoms with Gasteiger partial charge in [-0.1, -0.05) is 13.8 Å². The molecule has 0 aliphatic carbocycles. The maximum absolute atomic E-state index is 13.3. The molecule has 1 aliphatic rings. The standard InChI is InChI=1S/C23H28N4O5S/c1-3-27(4-2)33(29,30)20-9-10-22(26-12-15-31-16-13-26)21(17-20)23(28)25-18-5-7-19(8-6-18)32-14-11-24/h5-10,17H,3-4,12-16H2,1-2H3,(H,25,28). The number of hydrogen-bond acceptors (Lipinski definition) is 7. The molecule has 10 heteroatoms. The molecular weight excluding hydrogens is 444 g/mol. The molecule has 1 fully saturated rings. The summed E-state index contributed by atoms with van der Waals surface area (Å²) in [6.07, 6.45) is 0. The first-order chi connectivity index (χ1) is 15.9. The van der Waals surface area contributed by atoms with Crippen LogP contribution in [0.4, 0.5) is 11.4 Å². The normalized spacial score (nSPS) is 14.1. The van der Waals surface area contributed by atoms with Crippen molar-refractivity contribution in [2.45, 2.75) is 18.7 Å². The lowest BCUT2D eigenvalue weighted by Crippen LogP contribution is -2.37. The van der Waals surface area contributed by atoms with Gasteiger partial charge in [0.2, 0.25) is 10.0 Å². The summed E-state index contributed by atoms with van der Waals surface area (Å²) < 4.78 is 38.1. The number of amides is 1. The van der Waals surface area contributed by atoms with E-state index in [-0.39, 0.29) is 17.1 Å². The van der Waals surface area contributed by atoms with E-state index in [1.165, 1.54) is 10.4 Å².